The lowest BCUT2D eigenvalue weighted by atomic mass is 10.0. The molecule has 0 fully saturated rings. The Morgan fingerprint density at radius 1 is 0.769 bits per heavy atom. The Morgan fingerprint density at radius 2 is 1.23 bits per heavy atom. The molecule has 1 aromatic rings. The van der Waals surface area contributed by atoms with Gasteiger partial charge in [-0.15, -0.1) is 0 Å². The van der Waals surface area contributed by atoms with Crippen LogP contribution in [0.15, 0.2) is 30.3 Å². The van der Waals surface area contributed by atoms with Crippen molar-refractivity contribution in [2.45, 2.75) is 109 Å². The Morgan fingerprint density at radius 3 is 1.73 bits per heavy atom. The molecule has 0 radical (unpaired) electrons. The van der Waals surface area contributed by atoms with Gasteiger partial charge in [0, 0.05) is 12.8 Å². The maximum atomic E-state index is 11.5. The highest BCUT2D eigenvalue weighted by Crippen LogP contribution is 2.14. The van der Waals surface area contributed by atoms with Crippen LogP contribution in [0.5, 0.6) is 0 Å². The van der Waals surface area contributed by atoms with Crippen LogP contribution in [0.1, 0.15) is 102 Å². The minimum absolute atomic E-state index is 0.212. The summed E-state index contributed by atoms with van der Waals surface area (Å²) in [6, 6.07) is 10.8. The van der Waals surface area contributed by atoms with E-state index in [1.54, 1.807) is 6.92 Å². The van der Waals surface area contributed by atoms with E-state index in [4.69, 9.17) is 5.11 Å². The molecule has 1 N–H and O–H groups in total. The van der Waals surface area contributed by atoms with Gasteiger partial charge in [-0.2, -0.15) is 0 Å². The van der Waals surface area contributed by atoms with Gasteiger partial charge in [0.1, 0.15) is 5.78 Å². The van der Waals surface area contributed by atoms with Gasteiger partial charge in [-0.05, 0) is 31.7 Å². The van der Waals surface area contributed by atoms with E-state index in [9.17, 15) is 4.79 Å². The summed E-state index contributed by atoms with van der Waals surface area (Å²) in [6.07, 6.45) is 17.4. The highest BCUT2D eigenvalue weighted by molar-refractivity contribution is 5.78. The van der Waals surface area contributed by atoms with Crippen LogP contribution in [0.25, 0.3) is 0 Å². The number of carbonyl (C=O) groups is 1. The Hall–Kier alpha value is -1.15. The fourth-order valence-corrected chi connectivity index (χ4v) is 3.50. The molecular formula is C24H40O2. The lowest BCUT2D eigenvalue weighted by molar-refractivity contribution is -0.120. The van der Waals surface area contributed by atoms with Crippen molar-refractivity contribution in [3.63, 3.8) is 0 Å². The SMILES string of the molecule is CC(O)CC(=O)CCCCCCCCCCCCCCc1ccccc1. The third-order valence-corrected chi connectivity index (χ3v) is 5.04. The van der Waals surface area contributed by atoms with Crippen molar-refractivity contribution in [2.24, 2.45) is 0 Å². The molecule has 0 aliphatic carbocycles. The number of hydrogen-bond donors (Lipinski definition) is 1. The smallest absolute Gasteiger partial charge is 0.135 e. The van der Waals surface area contributed by atoms with Crippen LogP contribution in [0.3, 0.4) is 0 Å². The number of aryl methyl sites for hydroxylation is 1. The molecule has 0 spiro atoms. The van der Waals surface area contributed by atoms with Gasteiger partial charge in [0.05, 0.1) is 6.10 Å². The second-order valence-electron chi connectivity index (χ2n) is 7.82. The highest BCUT2D eigenvalue weighted by Gasteiger charge is 2.05. The molecule has 0 bridgehead atoms. The number of unbranched alkanes of at least 4 members (excludes halogenated alkanes) is 11. The number of aliphatic hydroxyl groups excluding tert-OH is 1. The van der Waals surface area contributed by atoms with Crippen LogP contribution in [0.2, 0.25) is 0 Å². The van der Waals surface area contributed by atoms with E-state index in [2.05, 4.69) is 30.3 Å². The first-order valence-electron chi connectivity index (χ1n) is 10.9. The van der Waals surface area contributed by atoms with E-state index in [-0.39, 0.29) is 5.78 Å². The Kier molecular flexibility index (Phi) is 14.1. The Labute approximate surface area is 161 Å². The second kappa shape index (κ2) is 16.1. The molecule has 0 heterocycles. The lowest BCUT2D eigenvalue weighted by Gasteiger charge is -2.04. The van der Waals surface area contributed by atoms with E-state index in [1.165, 1.54) is 76.2 Å². The predicted octanol–water partition coefficient (Wildman–Crippen LogP) is 6.64. The number of aliphatic hydroxyl groups is 1. The first kappa shape index (κ1) is 22.9. The molecule has 26 heavy (non-hydrogen) atoms. The van der Waals surface area contributed by atoms with Crippen molar-refractivity contribution in [2.75, 3.05) is 0 Å². The molecule has 0 amide bonds. The summed E-state index contributed by atoms with van der Waals surface area (Å²) in [5.41, 5.74) is 1.47. The van der Waals surface area contributed by atoms with Crippen molar-refractivity contribution in [1.29, 1.82) is 0 Å². The van der Waals surface area contributed by atoms with Crippen molar-refractivity contribution in [3.8, 4) is 0 Å². The van der Waals surface area contributed by atoms with Gasteiger partial charge in [0.2, 0.25) is 0 Å². The van der Waals surface area contributed by atoms with Gasteiger partial charge in [-0.25, -0.2) is 0 Å². The van der Waals surface area contributed by atoms with Gasteiger partial charge >= 0.3 is 0 Å². The van der Waals surface area contributed by atoms with Crippen LogP contribution < -0.4 is 0 Å². The average molecular weight is 361 g/mol. The molecule has 1 rings (SSSR count). The quantitative estimate of drug-likeness (QED) is 0.316. The Bertz CT molecular complexity index is 439. The minimum atomic E-state index is -0.480. The van der Waals surface area contributed by atoms with E-state index >= 15 is 0 Å². The summed E-state index contributed by atoms with van der Waals surface area (Å²) in [7, 11) is 0. The molecule has 0 aromatic heterocycles. The zero-order chi connectivity index (χ0) is 18.9. The standard InChI is InChI=1S/C24H40O2/c1-22(25)21-24(26)20-16-11-9-7-5-3-2-4-6-8-10-13-17-23-18-14-12-15-19-23/h12,14-15,18-19,22,25H,2-11,13,16-17,20-21H2,1H3. The van der Waals surface area contributed by atoms with Gasteiger partial charge in [0.25, 0.3) is 0 Å². The summed E-state index contributed by atoms with van der Waals surface area (Å²) >= 11 is 0. The average Bonchev–Trinajstić information content (AvgIpc) is 2.62. The molecule has 1 atom stereocenters. The number of carbonyl (C=O) groups excluding carboxylic acids is 1. The van der Waals surface area contributed by atoms with Gasteiger partial charge < -0.3 is 5.11 Å². The summed E-state index contributed by atoms with van der Waals surface area (Å²) in [4.78, 5) is 11.5. The summed E-state index contributed by atoms with van der Waals surface area (Å²) < 4.78 is 0. The van der Waals surface area contributed by atoms with E-state index in [0.29, 0.717) is 12.8 Å². The zero-order valence-corrected chi connectivity index (χ0v) is 16.9. The largest absolute Gasteiger partial charge is 0.393 e. The molecule has 1 aromatic carbocycles. The fraction of sp³-hybridized carbons (Fsp3) is 0.708. The third-order valence-electron chi connectivity index (χ3n) is 5.04. The first-order chi connectivity index (χ1) is 12.7. The summed E-state index contributed by atoms with van der Waals surface area (Å²) in [5.74, 6) is 0.212. The highest BCUT2D eigenvalue weighted by atomic mass is 16.3. The molecule has 2 heteroatoms. The van der Waals surface area contributed by atoms with E-state index in [1.807, 2.05) is 0 Å². The first-order valence-corrected chi connectivity index (χ1v) is 10.9. The number of benzene rings is 1. The van der Waals surface area contributed by atoms with Crippen molar-refractivity contribution in [3.05, 3.63) is 35.9 Å². The van der Waals surface area contributed by atoms with Crippen LogP contribution in [0, 0.1) is 0 Å². The molecule has 0 saturated carbocycles. The monoisotopic (exact) mass is 360 g/mol. The molecule has 0 saturated heterocycles. The van der Waals surface area contributed by atoms with Crippen molar-refractivity contribution < 1.29 is 9.90 Å². The fourth-order valence-electron chi connectivity index (χ4n) is 3.50. The molecule has 2 nitrogen and oxygen atoms in total. The summed E-state index contributed by atoms with van der Waals surface area (Å²) in [6.45, 7) is 1.68. The topological polar surface area (TPSA) is 37.3 Å². The molecule has 0 aliphatic rings. The van der Waals surface area contributed by atoms with Gasteiger partial charge in [-0.3, -0.25) is 4.79 Å². The number of hydrogen-bond acceptors (Lipinski definition) is 2. The molecule has 1 unspecified atom stereocenters. The minimum Gasteiger partial charge on any atom is -0.393 e. The van der Waals surface area contributed by atoms with Crippen molar-refractivity contribution in [1.82, 2.24) is 0 Å². The Balaban J connectivity index is 1.75. The molecule has 0 aliphatic heterocycles. The van der Waals surface area contributed by atoms with Gasteiger partial charge in [0.15, 0.2) is 0 Å². The summed E-state index contributed by atoms with van der Waals surface area (Å²) in [5, 5.41) is 9.15. The number of ketones is 1. The zero-order valence-electron chi connectivity index (χ0n) is 16.9. The van der Waals surface area contributed by atoms with Crippen LogP contribution in [-0.2, 0) is 11.2 Å². The maximum absolute atomic E-state index is 11.5. The number of Topliss-reactive ketones (excluding diaryl/α,β-unsaturated/α-hetero) is 1. The van der Waals surface area contributed by atoms with Crippen LogP contribution in [0.4, 0.5) is 0 Å². The number of rotatable bonds is 17. The second-order valence-corrected chi connectivity index (χ2v) is 7.82. The predicted molar refractivity (Wildman–Crippen MR) is 111 cm³/mol. The van der Waals surface area contributed by atoms with Gasteiger partial charge in [-0.1, -0.05) is 94.5 Å². The van der Waals surface area contributed by atoms with Crippen LogP contribution >= 0.6 is 0 Å². The van der Waals surface area contributed by atoms with E-state index < -0.39 is 6.10 Å². The normalized spacial score (nSPS) is 12.2. The van der Waals surface area contributed by atoms with E-state index in [0.717, 1.165) is 12.8 Å². The van der Waals surface area contributed by atoms with Crippen molar-refractivity contribution >= 4 is 5.78 Å². The maximum Gasteiger partial charge on any atom is 0.135 e. The molecular weight excluding hydrogens is 320 g/mol. The van der Waals surface area contributed by atoms with Crippen LogP contribution in [-0.4, -0.2) is 17.0 Å². The third kappa shape index (κ3) is 14.1. The molecule has 148 valence electrons. The lowest BCUT2D eigenvalue weighted by Crippen LogP contribution is -2.08.